The lowest BCUT2D eigenvalue weighted by Crippen LogP contribution is -2.18. The van der Waals surface area contributed by atoms with E-state index in [9.17, 15) is 13.2 Å². The molecule has 1 aromatic carbocycles. The molecule has 0 heterocycles. The Labute approximate surface area is 175 Å². The van der Waals surface area contributed by atoms with E-state index < -0.39 is 17.5 Å². The molecule has 0 bridgehead atoms. The Bertz CT molecular complexity index is 587. The van der Waals surface area contributed by atoms with E-state index in [-0.39, 0.29) is 5.92 Å². The third-order valence-electron chi connectivity index (χ3n) is 7.74. The highest BCUT2D eigenvalue weighted by Gasteiger charge is 2.26. The van der Waals surface area contributed by atoms with Crippen LogP contribution in [-0.2, 0) is 0 Å². The van der Waals surface area contributed by atoms with Crippen molar-refractivity contribution in [3.8, 4) is 0 Å². The summed E-state index contributed by atoms with van der Waals surface area (Å²) in [5, 5.41) is 0. The van der Waals surface area contributed by atoms with Crippen molar-refractivity contribution in [2.45, 2.75) is 109 Å². The van der Waals surface area contributed by atoms with Crippen LogP contribution in [0.5, 0.6) is 0 Å². The minimum atomic E-state index is -1.35. The summed E-state index contributed by atoms with van der Waals surface area (Å²) in [6.45, 7) is 2.28. The molecule has 2 fully saturated rings. The second-order valence-corrected chi connectivity index (χ2v) is 9.83. The molecule has 0 unspecified atom stereocenters. The Morgan fingerprint density at radius 3 is 1.66 bits per heavy atom. The largest absolute Gasteiger partial charge is 0.204 e. The van der Waals surface area contributed by atoms with Crippen molar-refractivity contribution in [1.82, 2.24) is 0 Å². The highest BCUT2D eigenvalue weighted by molar-refractivity contribution is 5.23. The molecule has 0 amide bonds. The summed E-state index contributed by atoms with van der Waals surface area (Å²) >= 11 is 0. The van der Waals surface area contributed by atoms with Gasteiger partial charge in [-0.1, -0.05) is 77.6 Å². The molecular weight excluding hydrogens is 369 g/mol. The molecule has 3 rings (SSSR count). The SMILES string of the molecule is CCCCCC[C@H]1CC[C@H](CC[C@H]2CC[C@H](c3cc(F)c(F)c(F)c3)CC2)CC1. The van der Waals surface area contributed by atoms with Crippen LogP contribution >= 0.6 is 0 Å². The molecule has 0 saturated heterocycles. The third kappa shape index (κ3) is 6.76. The van der Waals surface area contributed by atoms with Gasteiger partial charge in [-0.05, 0) is 67.1 Å². The Hall–Kier alpha value is -0.990. The van der Waals surface area contributed by atoms with Gasteiger partial charge in [0.2, 0.25) is 0 Å². The fraction of sp³-hybridized carbons (Fsp3) is 0.769. The first-order valence-electron chi connectivity index (χ1n) is 12.2. The summed E-state index contributed by atoms with van der Waals surface area (Å²) in [6, 6.07) is 2.40. The molecule has 0 aromatic heterocycles. The van der Waals surface area contributed by atoms with E-state index in [1.54, 1.807) is 0 Å². The number of unbranched alkanes of at least 4 members (excludes halogenated alkanes) is 3. The number of hydrogen-bond donors (Lipinski definition) is 0. The lowest BCUT2D eigenvalue weighted by Gasteiger charge is -2.32. The van der Waals surface area contributed by atoms with E-state index in [1.807, 2.05) is 0 Å². The molecule has 0 aliphatic heterocycles. The predicted molar refractivity (Wildman–Crippen MR) is 114 cm³/mol. The van der Waals surface area contributed by atoms with Crippen LogP contribution < -0.4 is 0 Å². The van der Waals surface area contributed by atoms with Gasteiger partial charge in [0.05, 0.1) is 0 Å². The minimum Gasteiger partial charge on any atom is -0.204 e. The zero-order valence-corrected chi connectivity index (χ0v) is 18.2. The van der Waals surface area contributed by atoms with Crippen LogP contribution in [0.15, 0.2) is 12.1 Å². The van der Waals surface area contributed by atoms with Crippen molar-refractivity contribution in [2.24, 2.45) is 17.8 Å². The van der Waals surface area contributed by atoms with E-state index in [1.165, 1.54) is 82.8 Å². The normalized spacial score (nSPS) is 27.9. The number of halogens is 3. The standard InChI is InChI=1S/C26H39F3/c1-2-3-4-5-6-19-7-9-20(10-8-19)11-12-21-13-15-22(16-14-21)23-17-24(27)26(29)25(28)18-23/h17-22H,2-16H2,1H3/t19-,20-,21-,22-. The van der Waals surface area contributed by atoms with Crippen LogP contribution in [0.1, 0.15) is 115 Å². The van der Waals surface area contributed by atoms with Crippen molar-refractivity contribution < 1.29 is 13.2 Å². The average molecular weight is 409 g/mol. The topological polar surface area (TPSA) is 0 Å². The zero-order valence-electron chi connectivity index (χ0n) is 18.2. The summed E-state index contributed by atoms with van der Waals surface area (Å²) < 4.78 is 40.2. The number of hydrogen-bond acceptors (Lipinski definition) is 0. The van der Waals surface area contributed by atoms with Gasteiger partial charge in [0, 0.05) is 0 Å². The maximum atomic E-state index is 13.5. The van der Waals surface area contributed by atoms with Gasteiger partial charge >= 0.3 is 0 Å². The van der Waals surface area contributed by atoms with Gasteiger partial charge in [0.15, 0.2) is 17.5 Å². The van der Waals surface area contributed by atoms with Gasteiger partial charge in [-0.3, -0.25) is 0 Å². The predicted octanol–water partition coefficient (Wildman–Crippen LogP) is 8.93. The minimum absolute atomic E-state index is 0.180. The molecule has 1 aromatic rings. The van der Waals surface area contributed by atoms with Gasteiger partial charge in [-0.15, -0.1) is 0 Å². The second kappa shape index (κ2) is 11.4. The summed E-state index contributed by atoms with van der Waals surface area (Å²) in [4.78, 5) is 0. The van der Waals surface area contributed by atoms with Gasteiger partial charge in [0.1, 0.15) is 0 Å². The molecule has 0 radical (unpaired) electrons. The quantitative estimate of drug-likeness (QED) is 0.282. The Morgan fingerprint density at radius 2 is 1.14 bits per heavy atom. The van der Waals surface area contributed by atoms with Crippen LogP contribution in [0.25, 0.3) is 0 Å². The lowest BCUT2D eigenvalue weighted by atomic mass is 9.74. The molecule has 164 valence electrons. The molecular formula is C26H39F3. The molecule has 29 heavy (non-hydrogen) atoms. The summed E-state index contributed by atoms with van der Waals surface area (Å²) in [5.41, 5.74) is 0.636. The van der Waals surface area contributed by atoms with Crippen molar-refractivity contribution in [1.29, 1.82) is 0 Å². The van der Waals surface area contributed by atoms with E-state index >= 15 is 0 Å². The molecule has 0 nitrogen and oxygen atoms in total. The monoisotopic (exact) mass is 408 g/mol. The third-order valence-corrected chi connectivity index (χ3v) is 7.74. The van der Waals surface area contributed by atoms with Crippen molar-refractivity contribution in [3.63, 3.8) is 0 Å². The Kier molecular flexibility index (Phi) is 8.93. The summed E-state index contributed by atoms with van der Waals surface area (Å²) in [7, 11) is 0. The Balaban J connectivity index is 1.33. The molecule has 0 atom stereocenters. The highest BCUT2D eigenvalue weighted by atomic mass is 19.2. The smallest absolute Gasteiger partial charge is 0.194 e. The second-order valence-electron chi connectivity index (χ2n) is 9.83. The van der Waals surface area contributed by atoms with Crippen LogP contribution in [0.4, 0.5) is 13.2 Å². The van der Waals surface area contributed by atoms with Crippen molar-refractivity contribution in [3.05, 3.63) is 35.1 Å². The van der Waals surface area contributed by atoms with Crippen molar-refractivity contribution in [2.75, 3.05) is 0 Å². The lowest BCUT2D eigenvalue weighted by molar-refractivity contribution is 0.222. The van der Waals surface area contributed by atoms with Crippen LogP contribution in [0.3, 0.4) is 0 Å². The van der Waals surface area contributed by atoms with Gasteiger partial charge < -0.3 is 0 Å². The van der Waals surface area contributed by atoms with E-state index in [0.29, 0.717) is 5.56 Å². The van der Waals surface area contributed by atoms with Crippen LogP contribution in [0, 0.1) is 35.2 Å². The first-order valence-corrected chi connectivity index (χ1v) is 12.2. The van der Waals surface area contributed by atoms with Gasteiger partial charge in [-0.2, -0.15) is 0 Å². The summed E-state index contributed by atoms with van der Waals surface area (Å²) in [5.74, 6) is -0.619. The molecule has 2 aliphatic carbocycles. The number of rotatable bonds is 9. The Morgan fingerprint density at radius 1 is 0.655 bits per heavy atom. The summed E-state index contributed by atoms with van der Waals surface area (Å²) in [6.07, 6.45) is 19.6. The van der Waals surface area contributed by atoms with Gasteiger partial charge in [0.25, 0.3) is 0 Å². The van der Waals surface area contributed by atoms with E-state index in [2.05, 4.69) is 6.92 Å². The molecule has 0 N–H and O–H groups in total. The maximum absolute atomic E-state index is 13.5. The first-order chi connectivity index (χ1) is 14.1. The van der Waals surface area contributed by atoms with E-state index in [4.69, 9.17) is 0 Å². The number of benzene rings is 1. The zero-order chi connectivity index (χ0) is 20.6. The highest BCUT2D eigenvalue weighted by Crippen LogP contribution is 2.40. The maximum Gasteiger partial charge on any atom is 0.194 e. The fourth-order valence-electron chi connectivity index (χ4n) is 5.74. The first kappa shape index (κ1) is 22.7. The van der Waals surface area contributed by atoms with Crippen LogP contribution in [0.2, 0.25) is 0 Å². The average Bonchev–Trinajstić information content (AvgIpc) is 2.74. The molecule has 0 spiro atoms. The molecule has 3 heteroatoms. The van der Waals surface area contributed by atoms with Crippen molar-refractivity contribution >= 4 is 0 Å². The fourth-order valence-corrected chi connectivity index (χ4v) is 5.74. The molecule has 2 saturated carbocycles. The van der Waals surface area contributed by atoms with Crippen LogP contribution in [-0.4, -0.2) is 0 Å². The molecule has 2 aliphatic rings. The van der Waals surface area contributed by atoms with Gasteiger partial charge in [-0.25, -0.2) is 13.2 Å². The van der Waals surface area contributed by atoms with E-state index in [0.717, 1.165) is 43.4 Å².